The van der Waals surface area contributed by atoms with Crippen LogP contribution in [-0.2, 0) is 24.0 Å². The van der Waals surface area contributed by atoms with Crippen molar-refractivity contribution in [1.29, 1.82) is 0 Å². The van der Waals surface area contributed by atoms with Crippen molar-refractivity contribution in [1.82, 2.24) is 20.7 Å². The summed E-state index contributed by atoms with van der Waals surface area (Å²) in [5.74, 6) is -3.57. The third kappa shape index (κ3) is 5.67. The molecular weight excluding hydrogens is 456 g/mol. The Morgan fingerprint density at radius 3 is 2.52 bits per heavy atom. The minimum absolute atomic E-state index is 0.0158. The van der Waals surface area contributed by atoms with E-state index >= 15 is 0 Å². The summed E-state index contributed by atoms with van der Waals surface area (Å²) < 4.78 is 0. The first-order chi connectivity index (χ1) is 15.7. The number of aliphatic carboxylic acids is 1. The summed E-state index contributed by atoms with van der Waals surface area (Å²) in [6.07, 6.45) is 0.361. The lowest BCUT2D eigenvalue weighted by Crippen LogP contribution is -2.64. The van der Waals surface area contributed by atoms with E-state index in [-0.39, 0.29) is 37.3 Å². The zero-order valence-corrected chi connectivity index (χ0v) is 18.3. The summed E-state index contributed by atoms with van der Waals surface area (Å²) in [5.41, 5.74) is 0.273. The average Bonchev–Trinajstić information content (AvgIpc) is 2.90. The van der Waals surface area contributed by atoms with E-state index in [0.717, 1.165) is 5.01 Å². The molecule has 3 unspecified atom stereocenters. The van der Waals surface area contributed by atoms with Gasteiger partial charge in [0.1, 0.15) is 18.4 Å². The Bertz CT molecular complexity index is 968. The number of carboxylic acid groups (broad SMARTS) is 1. The smallest absolute Gasteiger partial charge is 0.305 e. The molecule has 0 saturated carbocycles. The molecule has 0 aliphatic carbocycles. The average molecular weight is 479 g/mol. The van der Waals surface area contributed by atoms with Gasteiger partial charge in [0, 0.05) is 23.6 Å². The zero-order chi connectivity index (χ0) is 24.1. The van der Waals surface area contributed by atoms with Gasteiger partial charge < -0.3 is 20.5 Å². The first kappa shape index (κ1) is 24.2. The molecule has 2 fully saturated rings. The first-order valence-electron chi connectivity index (χ1n) is 10.4. The Morgan fingerprint density at radius 1 is 1.18 bits per heavy atom. The number of fused-ring (bicyclic) bond motifs is 1. The van der Waals surface area contributed by atoms with Gasteiger partial charge in [0.05, 0.1) is 12.5 Å². The van der Waals surface area contributed by atoms with Crippen molar-refractivity contribution in [3.8, 4) is 0 Å². The topological polar surface area (TPSA) is 153 Å². The Balaban J connectivity index is 1.80. The monoisotopic (exact) mass is 478 g/mol. The van der Waals surface area contributed by atoms with E-state index in [0.29, 0.717) is 17.7 Å². The molecule has 0 radical (unpaired) electrons. The molecule has 11 nitrogen and oxygen atoms in total. The Hall–Kier alpha value is -3.47. The molecule has 0 spiro atoms. The van der Waals surface area contributed by atoms with E-state index < -0.39 is 48.2 Å². The van der Waals surface area contributed by atoms with Crippen LogP contribution in [0.1, 0.15) is 42.5 Å². The summed E-state index contributed by atoms with van der Waals surface area (Å²) in [6.45, 7) is 0.221. The molecule has 176 valence electrons. The number of aldehydes is 1. The van der Waals surface area contributed by atoms with Gasteiger partial charge in [0.25, 0.3) is 11.8 Å². The first-order valence-corrected chi connectivity index (χ1v) is 10.8. The van der Waals surface area contributed by atoms with Gasteiger partial charge in [-0.3, -0.25) is 29.0 Å². The Labute approximate surface area is 194 Å². The molecule has 0 bridgehead atoms. The summed E-state index contributed by atoms with van der Waals surface area (Å²) in [7, 11) is 0. The van der Waals surface area contributed by atoms with Crippen molar-refractivity contribution in [3.63, 3.8) is 0 Å². The highest BCUT2D eigenvalue weighted by Crippen LogP contribution is 2.25. The Kier molecular flexibility index (Phi) is 7.64. The van der Waals surface area contributed by atoms with Crippen molar-refractivity contribution in [2.75, 3.05) is 6.54 Å². The minimum atomic E-state index is -1.27. The van der Waals surface area contributed by atoms with Gasteiger partial charge in [-0.15, -0.1) is 0 Å². The molecule has 2 heterocycles. The molecule has 4 amide bonds. The van der Waals surface area contributed by atoms with Crippen LogP contribution in [0.5, 0.6) is 0 Å². The molecule has 33 heavy (non-hydrogen) atoms. The second-order valence-corrected chi connectivity index (χ2v) is 8.21. The lowest BCUT2D eigenvalue weighted by atomic mass is 10.0. The number of carbonyl (C=O) groups is 6. The minimum Gasteiger partial charge on any atom is -0.481 e. The van der Waals surface area contributed by atoms with E-state index in [9.17, 15) is 28.8 Å². The number of halogens is 1. The molecule has 2 aliphatic rings. The molecule has 0 aromatic heterocycles. The van der Waals surface area contributed by atoms with Crippen molar-refractivity contribution in [2.24, 2.45) is 0 Å². The highest BCUT2D eigenvalue weighted by atomic mass is 35.5. The van der Waals surface area contributed by atoms with Crippen LogP contribution < -0.4 is 10.6 Å². The van der Waals surface area contributed by atoms with E-state index in [4.69, 9.17) is 16.7 Å². The second kappa shape index (κ2) is 10.4. The fourth-order valence-corrected chi connectivity index (χ4v) is 3.98. The summed E-state index contributed by atoms with van der Waals surface area (Å²) >= 11 is 5.84. The molecule has 2 saturated heterocycles. The van der Waals surface area contributed by atoms with Crippen LogP contribution in [0, 0.1) is 0 Å². The fourth-order valence-electron chi connectivity index (χ4n) is 3.85. The van der Waals surface area contributed by atoms with Crippen molar-refractivity contribution in [3.05, 3.63) is 34.9 Å². The van der Waals surface area contributed by atoms with Crippen molar-refractivity contribution in [2.45, 2.75) is 50.2 Å². The van der Waals surface area contributed by atoms with Gasteiger partial charge in [-0.1, -0.05) is 11.6 Å². The van der Waals surface area contributed by atoms with Gasteiger partial charge in [0.2, 0.25) is 11.8 Å². The summed E-state index contributed by atoms with van der Waals surface area (Å²) in [4.78, 5) is 73.6. The predicted octanol–water partition coefficient (Wildman–Crippen LogP) is 0.125. The maximum Gasteiger partial charge on any atom is 0.305 e. The lowest BCUT2D eigenvalue weighted by Gasteiger charge is -2.43. The quantitative estimate of drug-likeness (QED) is 0.470. The van der Waals surface area contributed by atoms with Gasteiger partial charge in [-0.25, -0.2) is 5.01 Å². The second-order valence-electron chi connectivity index (χ2n) is 7.78. The van der Waals surface area contributed by atoms with E-state index in [1.165, 1.54) is 29.3 Å². The number of nitrogens with zero attached hydrogens (tertiary/aromatic N) is 2. The number of benzene rings is 1. The highest BCUT2D eigenvalue weighted by molar-refractivity contribution is 6.30. The Morgan fingerprint density at radius 2 is 1.88 bits per heavy atom. The highest BCUT2D eigenvalue weighted by Gasteiger charge is 2.44. The number of hydrogen-bond acceptors (Lipinski definition) is 6. The summed E-state index contributed by atoms with van der Waals surface area (Å²) in [5, 5.41) is 16.5. The van der Waals surface area contributed by atoms with Crippen LogP contribution in [0.2, 0.25) is 5.02 Å². The molecule has 1 aromatic carbocycles. The zero-order valence-electron chi connectivity index (χ0n) is 17.5. The van der Waals surface area contributed by atoms with E-state index in [1.807, 2.05) is 0 Å². The number of amides is 4. The lowest BCUT2D eigenvalue weighted by molar-refractivity contribution is -0.176. The van der Waals surface area contributed by atoms with Crippen LogP contribution >= 0.6 is 11.6 Å². The molecule has 3 rings (SSSR count). The number of hydrogen-bond donors (Lipinski definition) is 3. The maximum absolute atomic E-state index is 13.3. The molecule has 12 heteroatoms. The van der Waals surface area contributed by atoms with Gasteiger partial charge in [-0.2, -0.15) is 0 Å². The van der Waals surface area contributed by atoms with Crippen LogP contribution in [0.3, 0.4) is 0 Å². The number of carboxylic acids is 1. The van der Waals surface area contributed by atoms with E-state index in [2.05, 4.69) is 10.6 Å². The van der Waals surface area contributed by atoms with Crippen molar-refractivity contribution >= 4 is 47.5 Å². The molecular formula is C21H23ClN4O7. The van der Waals surface area contributed by atoms with Gasteiger partial charge >= 0.3 is 5.97 Å². The van der Waals surface area contributed by atoms with Crippen LogP contribution in [0.15, 0.2) is 24.3 Å². The summed E-state index contributed by atoms with van der Waals surface area (Å²) in [6, 6.07) is 2.59. The van der Waals surface area contributed by atoms with Crippen LogP contribution in [-0.4, -0.2) is 75.7 Å². The third-order valence-corrected chi connectivity index (χ3v) is 5.71. The van der Waals surface area contributed by atoms with Crippen molar-refractivity contribution < 1.29 is 33.9 Å². The largest absolute Gasteiger partial charge is 0.481 e. The number of hydrazine groups is 1. The van der Waals surface area contributed by atoms with Gasteiger partial charge in [0.15, 0.2) is 0 Å². The van der Waals surface area contributed by atoms with Gasteiger partial charge in [-0.05, 0) is 43.5 Å². The number of nitrogens with one attached hydrogen (secondary N) is 2. The third-order valence-electron chi connectivity index (χ3n) is 5.46. The van der Waals surface area contributed by atoms with Crippen LogP contribution in [0.25, 0.3) is 0 Å². The predicted molar refractivity (Wildman–Crippen MR) is 114 cm³/mol. The molecule has 3 N–H and O–H groups in total. The number of carbonyl (C=O) groups excluding carboxylic acids is 5. The maximum atomic E-state index is 13.3. The molecule has 3 atom stereocenters. The standard InChI is InChI=1S/C21H23ClN4O7/c22-13-5-3-12(4-6-13)19(31)24-15-7-8-17(28)25-9-1-2-16(26(25)21(15)33)20(32)23-14(11-27)10-18(29)30/h3-6,11,14-16H,1-2,7-10H2,(H,23,32)(H,24,31)(H,29,30). The van der Waals surface area contributed by atoms with E-state index in [1.54, 1.807) is 0 Å². The molecule has 1 aromatic rings. The number of rotatable bonds is 7. The SMILES string of the molecule is O=CC(CC(=O)O)NC(=O)C1CCCN2C(=O)CCC(NC(=O)c3ccc(Cl)cc3)C(=O)N12. The fraction of sp³-hybridized carbons (Fsp3) is 0.429. The van der Waals surface area contributed by atoms with Crippen LogP contribution in [0.4, 0.5) is 0 Å². The normalized spacial score (nSPS) is 21.5. The molecule has 2 aliphatic heterocycles.